The highest BCUT2D eigenvalue weighted by atomic mass is 35.5. The molecule has 4 aromatic rings. The average molecular weight is 789 g/mol. The summed E-state index contributed by atoms with van der Waals surface area (Å²) in [6.07, 6.45) is -12.7. The predicted octanol–water partition coefficient (Wildman–Crippen LogP) is 7.03. The molecule has 0 fully saturated rings. The maximum Gasteiger partial charge on any atom is 0.573 e. The van der Waals surface area contributed by atoms with E-state index in [1.165, 1.54) is 50.2 Å². The second-order valence-corrected chi connectivity index (χ2v) is 10.3. The van der Waals surface area contributed by atoms with Crippen LogP contribution in [0.2, 0.25) is 0 Å². The Balaban J connectivity index is 0.000000286. The van der Waals surface area contributed by atoms with Gasteiger partial charge in [-0.3, -0.25) is 10.6 Å². The second-order valence-electron chi connectivity index (χ2n) is 9.82. The first-order chi connectivity index (χ1) is 24.6. The van der Waals surface area contributed by atoms with Crippen LogP contribution in [-0.2, 0) is 18.5 Å². The second kappa shape index (κ2) is 17.6. The number of hydrogen-bond acceptors (Lipinski definition) is 10. The molecule has 4 rings (SSSR count). The summed E-state index contributed by atoms with van der Waals surface area (Å²) < 4.78 is 133. The van der Waals surface area contributed by atoms with E-state index in [4.69, 9.17) is 11.6 Å². The van der Waals surface area contributed by atoms with Crippen molar-refractivity contribution in [2.24, 2.45) is 0 Å². The Bertz CT molecular complexity index is 1880. The summed E-state index contributed by atoms with van der Waals surface area (Å²) in [5.74, 6) is -3.91. The molecule has 14 nitrogen and oxygen atoms in total. The van der Waals surface area contributed by atoms with Crippen LogP contribution in [0.5, 0.6) is 11.5 Å². The molecule has 0 radical (unpaired) electrons. The third kappa shape index (κ3) is 14.8. The quantitative estimate of drug-likeness (QED) is 0.0964. The van der Waals surface area contributed by atoms with Crippen molar-refractivity contribution in [1.82, 2.24) is 40.5 Å². The van der Waals surface area contributed by atoms with Gasteiger partial charge in [0.25, 0.3) is 6.43 Å². The number of nitrogens with one attached hydrogen (secondary N) is 4. The van der Waals surface area contributed by atoms with Gasteiger partial charge in [0.15, 0.2) is 0 Å². The molecule has 0 spiro atoms. The largest absolute Gasteiger partial charge is 0.573 e. The predicted molar refractivity (Wildman–Crippen MR) is 162 cm³/mol. The highest BCUT2D eigenvalue weighted by Gasteiger charge is 2.34. The number of halogens is 11. The van der Waals surface area contributed by atoms with Crippen LogP contribution in [-0.4, -0.2) is 54.7 Å². The first-order valence-corrected chi connectivity index (χ1v) is 14.5. The van der Waals surface area contributed by atoms with Gasteiger partial charge in [-0.15, -0.1) is 26.3 Å². The summed E-state index contributed by atoms with van der Waals surface area (Å²) in [6.45, 7) is 1.95. The Kier molecular flexibility index (Phi) is 13.8. The maximum atomic E-state index is 13.1. The van der Waals surface area contributed by atoms with E-state index >= 15 is 0 Å². The lowest BCUT2D eigenvalue weighted by molar-refractivity contribution is -0.275. The van der Waals surface area contributed by atoms with E-state index in [-0.39, 0.29) is 35.9 Å². The molecule has 4 amide bonds. The molecule has 0 saturated carbocycles. The monoisotopic (exact) mass is 788 g/mol. The van der Waals surface area contributed by atoms with Gasteiger partial charge in [-0.2, -0.15) is 28.7 Å². The van der Waals surface area contributed by atoms with Gasteiger partial charge < -0.3 is 20.1 Å². The molecule has 0 aliphatic rings. The molecule has 2 aromatic carbocycles. The van der Waals surface area contributed by atoms with Crippen molar-refractivity contribution < 1.29 is 63.0 Å². The molecule has 0 aliphatic heterocycles. The van der Waals surface area contributed by atoms with Gasteiger partial charge in [0.1, 0.15) is 23.1 Å². The van der Waals surface area contributed by atoms with Gasteiger partial charge in [0, 0.05) is 24.2 Å². The Morgan fingerprint density at radius 1 is 0.660 bits per heavy atom. The minimum Gasteiger partial charge on any atom is -0.405 e. The van der Waals surface area contributed by atoms with Crippen LogP contribution in [0.3, 0.4) is 0 Å². The lowest BCUT2D eigenvalue weighted by Crippen LogP contribution is -2.30. The van der Waals surface area contributed by atoms with Crippen LogP contribution in [0, 0.1) is 13.8 Å². The first-order valence-electron chi connectivity index (χ1n) is 14.2. The third-order valence-electron chi connectivity index (χ3n) is 5.69. The number of amides is 4. The molecule has 0 unspecified atom stereocenters. The molecule has 286 valence electrons. The van der Waals surface area contributed by atoms with Gasteiger partial charge in [0.05, 0.1) is 0 Å². The zero-order valence-corrected chi connectivity index (χ0v) is 27.3. The molecule has 0 atom stereocenters. The lowest BCUT2D eigenvalue weighted by atomic mass is 10.2. The highest BCUT2D eigenvalue weighted by molar-refractivity contribution is 6.21. The zero-order valence-electron chi connectivity index (χ0n) is 26.6. The molecular weight excluding hydrogens is 766 g/mol. The fourth-order valence-corrected chi connectivity index (χ4v) is 3.80. The molecule has 4 N–H and O–H groups in total. The van der Waals surface area contributed by atoms with Crippen molar-refractivity contribution in [3.63, 3.8) is 0 Å². The fourth-order valence-electron chi connectivity index (χ4n) is 3.71. The number of anilines is 2. The molecule has 2 aromatic heterocycles. The van der Waals surface area contributed by atoms with Crippen molar-refractivity contribution in [3.8, 4) is 11.5 Å². The van der Waals surface area contributed by atoms with E-state index in [0.717, 1.165) is 12.1 Å². The number of carbonyl (C=O) groups is 2. The van der Waals surface area contributed by atoms with Crippen LogP contribution >= 0.6 is 11.6 Å². The Morgan fingerprint density at radius 2 is 1.08 bits per heavy atom. The van der Waals surface area contributed by atoms with Crippen LogP contribution in [0.15, 0.2) is 48.5 Å². The average Bonchev–Trinajstić information content (AvgIpc) is 3.02. The number of rotatable bonds is 10. The Hall–Kier alpha value is -5.81. The SMILES string of the molecule is Cc1nc(NC(=O)NCc2ccccc2OC(F)(F)F)nc(C(F)(F)Cl)n1.Cc1nc(NC(=O)NCc2ccccc2OC(F)(F)F)nc(C(F)F)n1. The van der Waals surface area contributed by atoms with E-state index in [1.807, 2.05) is 0 Å². The summed E-state index contributed by atoms with van der Waals surface area (Å²) in [5.41, 5.74) is 0.0878. The Morgan fingerprint density at radius 3 is 1.49 bits per heavy atom. The minimum atomic E-state index is -4.90. The van der Waals surface area contributed by atoms with Crippen molar-refractivity contribution in [2.75, 3.05) is 10.6 Å². The minimum absolute atomic E-state index is 0.0322. The van der Waals surface area contributed by atoms with E-state index in [0.29, 0.717) is 0 Å². The lowest BCUT2D eigenvalue weighted by Gasteiger charge is -2.14. The number of carbonyl (C=O) groups excluding carboxylic acids is 2. The van der Waals surface area contributed by atoms with Gasteiger partial charge in [-0.25, -0.2) is 28.3 Å². The molecule has 2 heterocycles. The molecule has 0 aliphatic carbocycles. The van der Waals surface area contributed by atoms with Gasteiger partial charge in [0.2, 0.25) is 23.5 Å². The number of nitrogens with zero attached hydrogens (tertiary/aromatic N) is 6. The number of ether oxygens (including phenoxy) is 2. The van der Waals surface area contributed by atoms with E-state index in [1.54, 1.807) is 0 Å². The normalized spacial score (nSPS) is 11.6. The van der Waals surface area contributed by atoms with E-state index in [2.05, 4.69) is 60.6 Å². The molecule has 0 bridgehead atoms. The van der Waals surface area contributed by atoms with Crippen LogP contribution in [0.4, 0.5) is 65.4 Å². The van der Waals surface area contributed by atoms with Crippen molar-refractivity contribution in [1.29, 1.82) is 0 Å². The molecular formula is C28H23ClF10N10O4. The Labute approximate surface area is 295 Å². The number of aromatic nitrogens is 6. The van der Waals surface area contributed by atoms with Crippen molar-refractivity contribution >= 4 is 35.6 Å². The van der Waals surface area contributed by atoms with Crippen molar-refractivity contribution in [3.05, 3.63) is 83.0 Å². The van der Waals surface area contributed by atoms with Crippen LogP contribution < -0.4 is 30.7 Å². The molecule has 25 heteroatoms. The number of urea groups is 2. The highest BCUT2D eigenvalue weighted by Crippen LogP contribution is 2.30. The number of hydrogen-bond donors (Lipinski definition) is 4. The van der Waals surface area contributed by atoms with E-state index in [9.17, 15) is 53.5 Å². The number of aryl methyl sites for hydroxylation is 2. The van der Waals surface area contributed by atoms with Gasteiger partial charge in [-0.05, 0) is 37.6 Å². The summed E-state index contributed by atoms with van der Waals surface area (Å²) in [6, 6.07) is 8.51. The first kappa shape index (κ1) is 41.6. The maximum absolute atomic E-state index is 13.1. The molecule has 0 saturated heterocycles. The van der Waals surface area contributed by atoms with Gasteiger partial charge in [-0.1, -0.05) is 36.4 Å². The smallest absolute Gasteiger partial charge is 0.405 e. The fraction of sp³-hybridized carbons (Fsp3) is 0.286. The summed E-state index contributed by atoms with van der Waals surface area (Å²) >= 11 is 4.83. The van der Waals surface area contributed by atoms with Gasteiger partial charge >= 0.3 is 30.2 Å². The summed E-state index contributed by atoms with van der Waals surface area (Å²) in [5, 5.41) is 4.80. The number of benzene rings is 2. The topological polar surface area (TPSA) is 178 Å². The molecule has 53 heavy (non-hydrogen) atoms. The van der Waals surface area contributed by atoms with Crippen LogP contribution in [0.25, 0.3) is 0 Å². The summed E-state index contributed by atoms with van der Waals surface area (Å²) in [4.78, 5) is 44.4. The third-order valence-corrected chi connectivity index (χ3v) is 5.86. The number of para-hydroxylation sites is 2. The zero-order chi connectivity index (χ0) is 39.6. The van der Waals surface area contributed by atoms with E-state index < -0.39 is 71.6 Å². The standard InChI is InChI=1S/C14H11ClF5N5O2.C14H12F5N5O2/c1-7-22-10(13(15,16)17)24-11(23-7)25-12(26)21-6-8-4-2-3-5-9(8)27-14(18,19)20;1-7-21-11(10(15)16)23-12(22-7)24-13(25)20-6-8-4-2-3-5-9(8)26-14(17,18)19/h2-5H,6H2,1H3,(H2,21,22,23,24,25,26);2-5,10H,6H2,1H3,(H2,20,21,22,23,24,25). The number of alkyl halides is 11. The van der Waals surface area contributed by atoms with Crippen LogP contribution in [0.1, 0.15) is 40.8 Å². The van der Waals surface area contributed by atoms with Crippen molar-refractivity contribution in [2.45, 2.75) is 51.5 Å². The summed E-state index contributed by atoms with van der Waals surface area (Å²) in [7, 11) is 0.